The van der Waals surface area contributed by atoms with Crippen molar-refractivity contribution in [3.63, 3.8) is 0 Å². The predicted octanol–water partition coefficient (Wildman–Crippen LogP) is 10.8. The van der Waals surface area contributed by atoms with Gasteiger partial charge >= 0.3 is 0 Å². The number of thiophene rings is 1. The SMILES string of the molecule is C1=Cc2c(ccc3sc4ccc(N(c5ccccc5)c5ccc(-c6cccc7ccccc67)cc5)cc4c23)NC1. The summed E-state index contributed by atoms with van der Waals surface area (Å²) in [6.07, 6.45) is 4.48. The Bertz CT molecular complexity index is 2050. The summed E-state index contributed by atoms with van der Waals surface area (Å²) in [5.74, 6) is 0. The average Bonchev–Trinajstić information content (AvgIpc) is 3.40. The second-order valence-electron chi connectivity index (χ2n) is 10.2. The molecule has 0 saturated carbocycles. The first-order chi connectivity index (χ1) is 19.8. The van der Waals surface area contributed by atoms with Gasteiger partial charge in [-0.25, -0.2) is 0 Å². The summed E-state index contributed by atoms with van der Waals surface area (Å²) in [5.41, 5.74) is 8.41. The van der Waals surface area contributed by atoms with E-state index in [9.17, 15) is 0 Å². The van der Waals surface area contributed by atoms with E-state index in [1.165, 1.54) is 53.3 Å². The van der Waals surface area contributed by atoms with Crippen LogP contribution in [0.2, 0.25) is 0 Å². The van der Waals surface area contributed by atoms with Gasteiger partial charge in [-0.05, 0) is 76.5 Å². The number of benzene rings is 6. The molecule has 1 N–H and O–H groups in total. The maximum Gasteiger partial charge on any atom is 0.0468 e. The van der Waals surface area contributed by atoms with Crippen LogP contribution >= 0.6 is 11.3 Å². The molecule has 2 heterocycles. The molecule has 190 valence electrons. The van der Waals surface area contributed by atoms with Crippen molar-refractivity contribution in [2.45, 2.75) is 0 Å². The number of anilines is 4. The second-order valence-corrected chi connectivity index (χ2v) is 11.3. The summed E-state index contributed by atoms with van der Waals surface area (Å²) in [6.45, 7) is 0.877. The molecule has 0 aliphatic carbocycles. The van der Waals surface area contributed by atoms with Crippen LogP contribution in [-0.2, 0) is 0 Å². The Morgan fingerprint density at radius 3 is 2.25 bits per heavy atom. The fraction of sp³-hybridized carbons (Fsp3) is 0.0270. The molecule has 6 aromatic carbocycles. The number of para-hydroxylation sites is 1. The van der Waals surface area contributed by atoms with E-state index < -0.39 is 0 Å². The van der Waals surface area contributed by atoms with Crippen LogP contribution in [-0.4, -0.2) is 6.54 Å². The molecule has 0 bridgehead atoms. The van der Waals surface area contributed by atoms with Gasteiger partial charge in [-0.1, -0.05) is 84.9 Å². The first-order valence-electron chi connectivity index (χ1n) is 13.7. The second kappa shape index (κ2) is 9.41. The van der Waals surface area contributed by atoms with Gasteiger partial charge in [0, 0.05) is 55.0 Å². The van der Waals surface area contributed by atoms with E-state index in [2.05, 4.69) is 150 Å². The molecule has 0 fully saturated rings. The third kappa shape index (κ3) is 3.78. The fourth-order valence-corrected chi connectivity index (χ4v) is 7.09. The summed E-state index contributed by atoms with van der Waals surface area (Å²) < 4.78 is 2.63. The minimum Gasteiger partial charge on any atom is -0.381 e. The highest BCUT2D eigenvalue weighted by Crippen LogP contribution is 2.44. The highest BCUT2D eigenvalue weighted by molar-refractivity contribution is 7.25. The van der Waals surface area contributed by atoms with Crippen LogP contribution < -0.4 is 10.2 Å². The van der Waals surface area contributed by atoms with Crippen molar-refractivity contribution in [3.05, 3.63) is 139 Å². The zero-order valence-electron chi connectivity index (χ0n) is 21.8. The van der Waals surface area contributed by atoms with E-state index in [0.29, 0.717) is 0 Å². The maximum atomic E-state index is 3.54. The van der Waals surface area contributed by atoms with E-state index in [4.69, 9.17) is 0 Å². The van der Waals surface area contributed by atoms with Gasteiger partial charge in [0.25, 0.3) is 0 Å². The van der Waals surface area contributed by atoms with Crippen LogP contribution in [0.15, 0.2) is 133 Å². The van der Waals surface area contributed by atoms with Crippen molar-refractivity contribution >= 4 is 71.1 Å². The Morgan fingerprint density at radius 2 is 1.35 bits per heavy atom. The molecule has 7 aromatic rings. The summed E-state index contributed by atoms with van der Waals surface area (Å²) in [5, 5.41) is 8.71. The lowest BCUT2D eigenvalue weighted by Gasteiger charge is -2.26. The van der Waals surface area contributed by atoms with Gasteiger partial charge in [-0.15, -0.1) is 11.3 Å². The molecule has 8 rings (SSSR count). The molecule has 0 radical (unpaired) electrons. The highest BCUT2D eigenvalue weighted by Gasteiger charge is 2.17. The lowest BCUT2D eigenvalue weighted by Crippen LogP contribution is -2.09. The summed E-state index contributed by atoms with van der Waals surface area (Å²) >= 11 is 1.87. The third-order valence-electron chi connectivity index (χ3n) is 7.85. The molecule has 0 unspecified atom stereocenters. The molecule has 0 atom stereocenters. The number of fused-ring (bicyclic) bond motifs is 6. The third-order valence-corrected chi connectivity index (χ3v) is 8.99. The van der Waals surface area contributed by atoms with E-state index >= 15 is 0 Å². The van der Waals surface area contributed by atoms with Gasteiger partial charge in [0.15, 0.2) is 0 Å². The Kier molecular flexibility index (Phi) is 5.42. The van der Waals surface area contributed by atoms with Gasteiger partial charge in [-0.2, -0.15) is 0 Å². The van der Waals surface area contributed by atoms with Crippen molar-refractivity contribution in [1.82, 2.24) is 0 Å². The van der Waals surface area contributed by atoms with Crippen molar-refractivity contribution in [2.24, 2.45) is 0 Å². The number of hydrogen-bond acceptors (Lipinski definition) is 3. The molecule has 0 spiro atoms. The molecule has 1 aliphatic heterocycles. The Hall–Kier alpha value is -4.86. The number of hydrogen-bond donors (Lipinski definition) is 1. The van der Waals surface area contributed by atoms with Crippen molar-refractivity contribution in [3.8, 4) is 11.1 Å². The average molecular weight is 531 g/mol. The van der Waals surface area contributed by atoms with E-state index in [1.807, 2.05) is 11.3 Å². The lowest BCUT2D eigenvalue weighted by molar-refractivity contribution is 1.29. The number of nitrogens with one attached hydrogen (secondary N) is 1. The fourth-order valence-electron chi connectivity index (χ4n) is 5.99. The zero-order valence-corrected chi connectivity index (χ0v) is 22.7. The smallest absolute Gasteiger partial charge is 0.0468 e. The first kappa shape index (κ1) is 23.1. The van der Waals surface area contributed by atoms with Crippen LogP contribution in [0, 0.1) is 0 Å². The van der Waals surface area contributed by atoms with E-state index in [0.717, 1.165) is 23.6 Å². The maximum absolute atomic E-state index is 3.54. The minimum absolute atomic E-state index is 0.877. The quantitative estimate of drug-likeness (QED) is 0.243. The Balaban J connectivity index is 1.28. The topological polar surface area (TPSA) is 15.3 Å². The molecule has 0 amide bonds. The minimum atomic E-state index is 0.877. The van der Waals surface area contributed by atoms with Gasteiger partial charge in [0.2, 0.25) is 0 Å². The van der Waals surface area contributed by atoms with E-state index in [1.54, 1.807) is 0 Å². The molecule has 1 aliphatic rings. The van der Waals surface area contributed by atoms with Gasteiger partial charge in [0.1, 0.15) is 0 Å². The monoisotopic (exact) mass is 530 g/mol. The van der Waals surface area contributed by atoms with Crippen molar-refractivity contribution in [1.29, 1.82) is 0 Å². The normalized spacial score (nSPS) is 12.5. The molecule has 2 nitrogen and oxygen atoms in total. The van der Waals surface area contributed by atoms with Crippen LogP contribution in [0.4, 0.5) is 22.7 Å². The number of nitrogens with zero attached hydrogens (tertiary/aromatic N) is 1. The molecular weight excluding hydrogens is 504 g/mol. The highest BCUT2D eigenvalue weighted by atomic mass is 32.1. The standard InChI is InChI=1S/C37H26N2S/c1-2-10-27(11-3-1)39(28-17-15-26(16-18-28)31-13-6-9-25-8-4-5-12-30(25)31)29-19-21-35-33(24-29)37-32-14-7-23-38-34(32)20-22-36(37)40-35/h1-22,24,38H,23H2. The molecule has 1 aromatic heterocycles. The molecule has 40 heavy (non-hydrogen) atoms. The van der Waals surface area contributed by atoms with Gasteiger partial charge < -0.3 is 10.2 Å². The van der Waals surface area contributed by atoms with E-state index in [-0.39, 0.29) is 0 Å². The Labute approximate surface area is 237 Å². The van der Waals surface area contributed by atoms with Crippen molar-refractivity contribution in [2.75, 3.05) is 16.8 Å². The van der Waals surface area contributed by atoms with Gasteiger partial charge in [-0.3, -0.25) is 0 Å². The van der Waals surface area contributed by atoms with Gasteiger partial charge in [0.05, 0.1) is 0 Å². The Morgan fingerprint density at radius 1 is 0.600 bits per heavy atom. The number of rotatable bonds is 4. The summed E-state index contributed by atoms with van der Waals surface area (Å²) in [4.78, 5) is 2.36. The molecular formula is C37H26N2S. The lowest BCUT2D eigenvalue weighted by atomic mass is 9.98. The molecule has 3 heteroatoms. The zero-order chi connectivity index (χ0) is 26.5. The predicted molar refractivity (Wildman–Crippen MR) is 174 cm³/mol. The van der Waals surface area contributed by atoms with Crippen LogP contribution in [0.1, 0.15) is 5.56 Å². The molecule has 0 saturated heterocycles. The van der Waals surface area contributed by atoms with Crippen LogP contribution in [0.5, 0.6) is 0 Å². The first-order valence-corrected chi connectivity index (χ1v) is 14.5. The summed E-state index contributed by atoms with van der Waals surface area (Å²) in [6, 6.07) is 46.2. The largest absolute Gasteiger partial charge is 0.381 e. The summed E-state index contributed by atoms with van der Waals surface area (Å²) in [7, 11) is 0. The van der Waals surface area contributed by atoms with Crippen LogP contribution in [0.3, 0.4) is 0 Å². The van der Waals surface area contributed by atoms with Crippen LogP contribution in [0.25, 0.3) is 48.1 Å². The van der Waals surface area contributed by atoms with Crippen molar-refractivity contribution < 1.29 is 0 Å².